The molecule has 1 aliphatic rings. The summed E-state index contributed by atoms with van der Waals surface area (Å²) < 4.78 is 40.4. The minimum absolute atomic E-state index is 0.0802. The van der Waals surface area contributed by atoms with Crippen LogP contribution >= 0.6 is 0 Å². The maximum absolute atomic E-state index is 12.4. The van der Waals surface area contributed by atoms with Gasteiger partial charge in [-0.25, -0.2) is 4.98 Å². The van der Waals surface area contributed by atoms with Crippen LogP contribution in [0.25, 0.3) is 0 Å². The van der Waals surface area contributed by atoms with Gasteiger partial charge in [-0.05, 0) is 74.8 Å². The second kappa shape index (κ2) is 9.78. The van der Waals surface area contributed by atoms with Crippen LogP contribution in [0.1, 0.15) is 18.4 Å². The van der Waals surface area contributed by atoms with Crippen LogP contribution in [-0.2, 0) is 9.59 Å². The number of piperidine rings is 1. The zero-order chi connectivity index (χ0) is 22.4. The number of ether oxygens (including phenoxy) is 1. The van der Waals surface area contributed by atoms with E-state index < -0.39 is 6.36 Å². The van der Waals surface area contributed by atoms with Gasteiger partial charge < -0.3 is 15.4 Å². The monoisotopic (exact) mass is 436 g/mol. The van der Waals surface area contributed by atoms with E-state index in [1.54, 1.807) is 12.3 Å². The molecule has 2 aromatic rings. The van der Waals surface area contributed by atoms with E-state index in [2.05, 4.69) is 20.4 Å². The smallest absolute Gasteiger partial charge is 0.406 e. The van der Waals surface area contributed by atoms with Gasteiger partial charge in [-0.1, -0.05) is 0 Å². The average molecular weight is 436 g/mol. The highest BCUT2D eigenvalue weighted by atomic mass is 19.4. The van der Waals surface area contributed by atoms with Gasteiger partial charge in [-0.3, -0.25) is 14.5 Å². The minimum atomic E-state index is -4.76. The summed E-state index contributed by atoms with van der Waals surface area (Å²) in [5, 5.41) is 5.48. The Kier molecular flexibility index (Phi) is 7.11. The second-order valence-corrected chi connectivity index (χ2v) is 7.38. The van der Waals surface area contributed by atoms with Crippen LogP contribution in [0.5, 0.6) is 5.75 Å². The Labute approximate surface area is 177 Å². The Morgan fingerprint density at radius 3 is 2.42 bits per heavy atom. The molecule has 0 bridgehead atoms. The van der Waals surface area contributed by atoms with Crippen molar-refractivity contribution in [2.45, 2.75) is 26.1 Å². The van der Waals surface area contributed by atoms with E-state index in [0.717, 1.165) is 17.7 Å². The lowest BCUT2D eigenvalue weighted by Crippen LogP contribution is -2.41. The molecule has 0 atom stereocenters. The topological polar surface area (TPSA) is 83.6 Å². The molecule has 31 heavy (non-hydrogen) atoms. The van der Waals surface area contributed by atoms with Crippen molar-refractivity contribution in [3.8, 4) is 5.75 Å². The van der Waals surface area contributed by atoms with E-state index in [4.69, 9.17) is 0 Å². The summed E-state index contributed by atoms with van der Waals surface area (Å²) in [6, 6.07) is 8.61. The third-order valence-corrected chi connectivity index (χ3v) is 4.86. The summed E-state index contributed by atoms with van der Waals surface area (Å²) in [5.41, 5.74) is 1.38. The summed E-state index contributed by atoms with van der Waals surface area (Å²) in [6.45, 7) is 3.23. The molecular weight excluding hydrogens is 413 g/mol. The predicted octanol–water partition coefficient (Wildman–Crippen LogP) is 3.58. The number of nitrogens with one attached hydrogen (secondary N) is 2. The van der Waals surface area contributed by atoms with Crippen molar-refractivity contribution in [3.63, 3.8) is 0 Å². The zero-order valence-corrected chi connectivity index (χ0v) is 16.9. The summed E-state index contributed by atoms with van der Waals surface area (Å²) in [4.78, 5) is 30.7. The number of likely N-dealkylation sites (tertiary alicyclic amines) is 1. The largest absolute Gasteiger partial charge is 0.573 e. The molecule has 10 heteroatoms. The van der Waals surface area contributed by atoms with Gasteiger partial charge in [0.25, 0.3) is 0 Å². The standard InChI is InChI=1S/C21H23F3N4O3/c1-14-6-9-25-18(12-14)27-20(30)15-7-10-28(11-8-15)13-19(29)26-16-2-4-17(5-3-16)31-21(22,23)24/h2-6,9,12,15H,7-8,10-11,13H2,1H3,(H,26,29)(H,25,27,30). The van der Waals surface area contributed by atoms with E-state index in [1.165, 1.54) is 12.1 Å². The number of carbonyl (C=O) groups is 2. The fourth-order valence-electron chi connectivity index (χ4n) is 3.33. The van der Waals surface area contributed by atoms with E-state index >= 15 is 0 Å². The molecule has 1 aromatic carbocycles. The Hall–Kier alpha value is -3.14. The molecule has 1 aromatic heterocycles. The van der Waals surface area contributed by atoms with E-state index in [-0.39, 0.29) is 30.0 Å². The number of anilines is 2. The summed E-state index contributed by atoms with van der Waals surface area (Å²) in [5.74, 6) is -0.340. The van der Waals surface area contributed by atoms with Crippen molar-refractivity contribution < 1.29 is 27.5 Å². The first-order valence-electron chi connectivity index (χ1n) is 9.79. The van der Waals surface area contributed by atoms with Gasteiger partial charge in [0.05, 0.1) is 6.54 Å². The number of hydrogen-bond acceptors (Lipinski definition) is 5. The number of alkyl halides is 3. The predicted molar refractivity (Wildman–Crippen MR) is 109 cm³/mol. The molecule has 2 amide bonds. The zero-order valence-electron chi connectivity index (χ0n) is 16.9. The number of amides is 2. The fourth-order valence-corrected chi connectivity index (χ4v) is 3.33. The van der Waals surface area contributed by atoms with Gasteiger partial charge in [0.2, 0.25) is 11.8 Å². The van der Waals surface area contributed by atoms with Gasteiger partial charge >= 0.3 is 6.36 Å². The molecule has 7 nitrogen and oxygen atoms in total. The Bertz CT molecular complexity index is 911. The minimum Gasteiger partial charge on any atom is -0.406 e. The van der Waals surface area contributed by atoms with Gasteiger partial charge in [0.15, 0.2) is 0 Å². The van der Waals surface area contributed by atoms with Crippen LogP contribution in [0, 0.1) is 12.8 Å². The molecular formula is C21H23F3N4O3. The number of aryl methyl sites for hydroxylation is 1. The van der Waals surface area contributed by atoms with Gasteiger partial charge in [-0.15, -0.1) is 13.2 Å². The van der Waals surface area contributed by atoms with Crippen LogP contribution < -0.4 is 15.4 Å². The maximum atomic E-state index is 12.4. The average Bonchev–Trinajstić information content (AvgIpc) is 2.69. The number of rotatable bonds is 6. The molecule has 0 spiro atoms. The fraction of sp³-hybridized carbons (Fsp3) is 0.381. The molecule has 2 N–H and O–H groups in total. The SMILES string of the molecule is Cc1ccnc(NC(=O)C2CCN(CC(=O)Nc3ccc(OC(F)(F)F)cc3)CC2)c1. The van der Waals surface area contributed by atoms with Crippen LogP contribution in [-0.4, -0.2) is 47.7 Å². The normalized spacial score (nSPS) is 15.4. The van der Waals surface area contributed by atoms with E-state index in [9.17, 15) is 22.8 Å². The van der Waals surface area contributed by atoms with Crippen molar-refractivity contribution in [1.29, 1.82) is 0 Å². The molecule has 1 saturated heterocycles. The Morgan fingerprint density at radius 1 is 1.13 bits per heavy atom. The van der Waals surface area contributed by atoms with Crippen LogP contribution in [0.3, 0.4) is 0 Å². The maximum Gasteiger partial charge on any atom is 0.573 e. The first-order chi connectivity index (χ1) is 14.7. The van der Waals surface area contributed by atoms with Crippen LogP contribution in [0.2, 0.25) is 0 Å². The third-order valence-electron chi connectivity index (χ3n) is 4.86. The number of carbonyl (C=O) groups excluding carboxylic acids is 2. The number of nitrogens with zero attached hydrogens (tertiary/aromatic N) is 2. The molecule has 0 saturated carbocycles. The molecule has 166 valence electrons. The van der Waals surface area contributed by atoms with E-state index in [0.29, 0.717) is 37.4 Å². The number of pyridine rings is 1. The van der Waals surface area contributed by atoms with Gasteiger partial charge in [-0.2, -0.15) is 0 Å². The molecule has 0 unspecified atom stereocenters. The first-order valence-corrected chi connectivity index (χ1v) is 9.79. The van der Waals surface area contributed by atoms with Crippen LogP contribution in [0.15, 0.2) is 42.6 Å². The van der Waals surface area contributed by atoms with Crippen molar-refractivity contribution >= 4 is 23.3 Å². The van der Waals surface area contributed by atoms with Crippen molar-refractivity contribution in [3.05, 3.63) is 48.2 Å². The number of hydrogen-bond donors (Lipinski definition) is 2. The van der Waals surface area contributed by atoms with Gasteiger partial charge in [0.1, 0.15) is 11.6 Å². The summed E-state index contributed by atoms with van der Waals surface area (Å²) >= 11 is 0. The van der Waals surface area contributed by atoms with Gasteiger partial charge in [0, 0.05) is 17.8 Å². The Morgan fingerprint density at radius 2 is 1.81 bits per heavy atom. The molecule has 0 aliphatic carbocycles. The highest BCUT2D eigenvalue weighted by molar-refractivity contribution is 5.93. The number of benzene rings is 1. The van der Waals surface area contributed by atoms with Crippen molar-refractivity contribution in [2.75, 3.05) is 30.3 Å². The molecule has 0 radical (unpaired) electrons. The lowest BCUT2D eigenvalue weighted by atomic mass is 9.96. The quantitative estimate of drug-likeness (QED) is 0.723. The third kappa shape index (κ3) is 7.25. The van der Waals surface area contributed by atoms with Crippen LogP contribution in [0.4, 0.5) is 24.7 Å². The lowest BCUT2D eigenvalue weighted by molar-refractivity contribution is -0.274. The molecule has 3 rings (SSSR count). The summed E-state index contributed by atoms with van der Waals surface area (Å²) in [6.07, 6.45) is -1.88. The summed E-state index contributed by atoms with van der Waals surface area (Å²) in [7, 11) is 0. The number of halogens is 3. The van der Waals surface area contributed by atoms with Crippen molar-refractivity contribution in [2.24, 2.45) is 5.92 Å². The highest BCUT2D eigenvalue weighted by Gasteiger charge is 2.31. The lowest BCUT2D eigenvalue weighted by Gasteiger charge is -2.30. The Balaban J connectivity index is 1.42. The molecule has 1 fully saturated rings. The first kappa shape index (κ1) is 22.5. The second-order valence-electron chi connectivity index (χ2n) is 7.38. The highest BCUT2D eigenvalue weighted by Crippen LogP contribution is 2.24. The number of aromatic nitrogens is 1. The molecule has 1 aliphatic heterocycles. The molecule has 2 heterocycles. The van der Waals surface area contributed by atoms with Crippen molar-refractivity contribution in [1.82, 2.24) is 9.88 Å². The van der Waals surface area contributed by atoms with E-state index in [1.807, 2.05) is 17.9 Å².